The second-order valence-electron chi connectivity index (χ2n) is 4.19. The van der Waals surface area contributed by atoms with Crippen molar-refractivity contribution < 1.29 is 13.3 Å². The highest BCUT2D eigenvalue weighted by Gasteiger charge is 2.18. The number of benzene rings is 1. The molecule has 0 aliphatic heterocycles. The predicted octanol–water partition coefficient (Wildman–Crippen LogP) is 2.86. The third-order valence-electron chi connectivity index (χ3n) is 2.61. The molecule has 2 rings (SSSR count). The fourth-order valence-corrected chi connectivity index (χ4v) is 2.88. The van der Waals surface area contributed by atoms with Crippen LogP contribution >= 0.6 is 15.9 Å². The summed E-state index contributed by atoms with van der Waals surface area (Å²) in [6.07, 6.45) is 1.35. The Morgan fingerprint density at radius 1 is 1.33 bits per heavy atom. The smallest absolute Gasteiger partial charge is 0.270 e. The van der Waals surface area contributed by atoms with Crippen molar-refractivity contribution in [3.63, 3.8) is 0 Å². The standard InChI is InChI=1S/C12H10BrN3O4S/c1-8-5-9(7-14-12(8)13)15-21(19,20)11-4-2-3-10(6-11)16(17)18/h2-7,15H,1H3. The van der Waals surface area contributed by atoms with Crippen LogP contribution in [-0.2, 0) is 10.0 Å². The molecule has 0 spiro atoms. The number of halogens is 1. The van der Waals surface area contributed by atoms with E-state index < -0.39 is 14.9 Å². The van der Waals surface area contributed by atoms with Crippen LogP contribution in [0.2, 0.25) is 0 Å². The molecule has 0 bridgehead atoms. The van der Waals surface area contributed by atoms with E-state index in [-0.39, 0.29) is 16.3 Å². The van der Waals surface area contributed by atoms with Gasteiger partial charge in [0.15, 0.2) is 0 Å². The van der Waals surface area contributed by atoms with Gasteiger partial charge in [-0.05, 0) is 40.5 Å². The number of nitrogens with zero attached hydrogens (tertiary/aromatic N) is 2. The molecule has 0 unspecified atom stereocenters. The van der Waals surface area contributed by atoms with Gasteiger partial charge in [0, 0.05) is 12.1 Å². The van der Waals surface area contributed by atoms with E-state index in [1.165, 1.54) is 24.4 Å². The summed E-state index contributed by atoms with van der Waals surface area (Å²) in [6.45, 7) is 1.77. The minimum Gasteiger partial charge on any atom is -0.278 e. The molecule has 0 radical (unpaired) electrons. The number of nitro benzene ring substituents is 1. The van der Waals surface area contributed by atoms with Crippen molar-refractivity contribution in [3.05, 3.63) is 56.8 Å². The highest BCUT2D eigenvalue weighted by Crippen LogP contribution is 2.22. The summed E-state index contributed by atoms with van der Waals surface area (Å²) in [5, 5.41) is 10.7. The van der Waals surface area contributed by atoms with Crippen molar-refractivity contribution in [1.29, 1.82) is 0 Å². The van der Waals surface area contributed by atoms with Crippen LogP contribution in [0, 0.1) is 17.0 Å². The second-order valence-corrected chi connectivity index (χ2v) is 6.63. The van der Waals surface area contributed by atoms with Crippen molar-refractivity contribution in [2.45, 2.75) is 11.8 Å². The van der Waals surface area contributed by atoms with Gasteiger partial charge in [0.25, 0.3) is 15.7 Å². The molecule has 0 atom stereocenters. The van der Waals surface area contributed by atoms with E-state index in [0.29, 0.717) is 4.60 Å². The maximum atomic E-state index is 12.2. The third-order valence-corrected chi connectivity index (χ3v) is 4.81. The van der Waals surface area contributed by atoms with E-state index in [0.717, 1.165) is 11.6 Å². The Balaban J connectivity index is 2.36. The second kappa shape index (κ2) is 5.78. The van der Waals surface area contributed by atoms with Gasteiger partial charge < -0.3 is 0 Å². The Hall–Kier alpha value is -2.00. The number of sulfonamides is 1. The number of anilines is 1. The summed E-state index contributed by atoms with van der Waals surface area (Å²) in [5.41, 5.74) is 0.749. The van der Waals surface area contributed by atoms with Crippen LogP contribution in [0.4, 0.5) is 11.4 Å². The highest BCUT2D eigenvalue weighted by atomic mass is 79.9. The Bertz CT molecular complexity index is 808. The van der Waals surface area contributed by atoms with Crippen molar-refractivity contribution in [3.8, 4) is 0 Å². The average molecular weight is 372 g/mol. The maximum Gasteiger partial charge on any atom is 0.270 e. The molecule has 9 heteroatoms. The van der Waals surface area contributed by atoms with E-state index >= 15 is 0 Å². The molecule has 7 nitrogen and oxygen atoms in total. The third kappa shape index (κ3) is 3.56. The van der Waals surface area contributed by atoms with Crippen LogP contribution in [0.15, 0.2) is 46.0 Å². The monoisotopic (exact) mass is 371 g/mol. The van der Waals surface area contributed by atoms with Gasteiger partial charge in [0.05, 0.1) is 21.7 Å². The molecule has 0 aliphatic rings. The van der Waals surface area contributed by atoms with Crippen LogP contribution < -0.4 is 4.72 Å². The summed E-state index contributed by atoms with van der Waals surface area (Å²) in [7, 11) is -3.91. The number of hydrogen-bond donors (Lipinski definition) is 1. The highest BCUT2D eigenvalue weighted by molar-refractivity contribution is 9.10. The summed E-state index contributed by atoms with van der Waals surface area (Å²) in [4.78, 5) is 13.8. The minimum atomic E-state index is -3.91. The van der Waals surface area contributed by atoms with Crippen molar-refractivity contribution in [1.82, 2.24) is 4.98 Å². The van der Waals surface area contributed by atoms with Gasteiger partial charge in [-0.1, -0.05) is 6.07 Å². The first-order valence-corrected chi connectivity index (χ1v) is 7.96. The molecule has 110 valence electrons. The Kier molecular flexibility index (Phi) is 4.24. The molecule has 1 aromatic heterocycles. The molecule has 0 saturated carbocycles. The largest absolute Gasteiger partial charge is 0.278 e. The van der Waals surface area contributed by atoms with E-state index in [1.807, 2.05) is 0 Å². The zero-order valence-corrected chi connectivity index (χ0v) is 13.2. The lowest BCUT2D eigenvalue weighted by molar-refractivity contribution is -0.385. The Morgan fingerprint density at radius 2 is 2.05 bits per heavy atom. The quantitative estimate of drug-likeness (QED) is 0.505. The fraction of sp³-hybridized carbons (Fsp3) is 0.0833. The zero-order valence-electron chi connectivity index (χ0n) is 10.8. The molecule has 1 N–H and O–H groups in total. The number of rotatable bonds is 4. The van der Waals surface area contributed by atoms with Gasteiger partial charge >= 0.3 is 0 Å². The summed E-state index contributed by atoms with van der Waals surface area (Å²) in [5.74, 6) is 0. The molecule has 1 heterocycles. The lowest BCUT2D eigenvalue weighted by Gasteiger charge is -2.08. The molecule has 0 saturated heterocycles. The number of non-ortho nitro benzene ring substituents is 1. The summed E-state index contributed by atoms with van der Waals surface area (Å²) >= 11 is 3.22. The molecule has 2 aromatic rings. The number of aryl methyl sites for hydroxylation is 1. The number of nitro groups is 1. The predicted molar refractivity (Wildman–Crippen MR) is 80.6 cm³/mol. The lowest BCUT2D eigenvalue weighted by atomic mass is 10.3. The van der Waals surface area contributed by atoms with Gasteiger partial charge in [0.2, 0.25) is 0 Å². The van der Waals surface area contributed by atoms with Gasteiger partial charge in [-0.25, -0.2) is 13.4 Å². The van der Waals surface area contributed by atoms with Crippen LogP contribution in [0.3, 0.4) is 0 Å². The number of pyridine rings is 1. The lowest BCUT2D eigenvalue weighted by Crippen LogP contribution is -2.13. The van der Waals surface area contributed by atoms with E-state index in [2.05, 4.69) is 25.6 Å². The van der Waals surface area contributed by atoms with Crippen molar-refractivity contribution in [2.75, 3.05) is 4.72 Å². The number of hydrogen-bond acceptors (Lipinski definition) is 5. The van der Waals surface area contributed by atoms with E-state index in [4.69, 9.17) is 0 Å². The van der Waals surface area contributed by atoms with Crippen LogP contribution in [-0.4, -0.2) is 18.3 Å². The van der Waals surface area contributed by atoms with Gasteiger partial charge in [-0.2, -0.15) is 0 Å². The first-order valence-electron chi connectivity index (χ1n) is 5.69. The molecule has 1 aromatic carbocycles. The minimum absolute atomic E-state index is 0.183. The molecular weight excluding hydrogens is 362 g/mol. The van der Waals surface area contributed by atoms with Crippen molar-refractivity contribution in [2.24, 2.45) is 0 Å². The molecule has 0 fully saturated rings. The normalized spacial score (nSPS) is 11.1. The summed E-state index contributed by atoms with van der Waals surface area (Å²) in [6, 6.07) is 6.43. The van der Waals surface area contributed by atoms with E-state index in [1.54, 1.807) is 13.0 Å². The van der Waals surface area contributed by atoms with Gasteiger partial charge in [-0.3, -0.25) is 14.8 Å². The topological polar surface area (TPSA) is 102 Å². The van der Waals surface area contributed by atoms with Crippen LogP contribution in [0.25, 0.3) is 0 Å². The fourth-order valence-electron chi connectivity index (χ4n) is 1.59. The van der Waals surface area contributed by atoms with Crippen LogP contribution in [0.5, 0.6) is 0 Å². The molecule has 21 heavy (non-hydrogen) atoms. The summed E-state index contributed by atoms with van der Waals surface area (Å²) < 4.78 is 27.3. The first-order chi connectivity index (χ1) is 9.79. The molecule has 0 amide bonds. The maximum absolute atomic E-state index is 12.2. The van der Waals surface area contributed by atoms with E-state index in [9.17, 15) is 18.5 Å². The first kappa shape index (κ1) is 15.4. The van der Waals surface area contributed by atoms with Gasteiger partial charge in [0.1, 0.15) is 4.60 Å². The molecule has 0 aliphatic carbocycles. The van der Waals surface area contributed by atoms with Crippen molar-refractivity contribution >= 4 is 37.3 Å². The SMILES string of the molecule is Cc1cc(NS(=O)(=O)c2cccc([N+](=O)[O-])c2)cnc1Br. The zero-order chi connectivity index (χ0) is 15.6. The van der Waals surface area contributed by atoms with Crippen LogP contribution in [0.1, 0.15) is 5.56 Å². The Labute approximate surface area is 129 Å². The van der Waals surface area contributed by atoms with Gasteiger partial charge in [-0.15, -0.1) is 0 Å². The number of aromatic nitrogens is 1. The number of nitrogens with one attached hydrogen (secondary N) is 1. The average Bonchev–Trinajstić information content (AvgIpc) is 2.43. The molecular formula is C12H10BrN3O4S. The Morgan fingerprint density at radius 3 is 2.67 bits per heavy atom.